The smallest absolute Gasteiger partial charge is 0.306 e. The summed E-state index contributed by atoms with van der Waals surface area (Å²) in [5.41, 5.74) is 0. The van der Waals surface area contributed by atoms with Crippen molar-refractivity contribution in [3.8, 4) is 5.75 Å². The van der Waals surface area contributed by atoms with Gasteiger partial charge in [0.15, 0.2) is 0 Å². The second-order valence-corrected chi connectivity index (χ2v) is 6.30. The Hall–Kier alpha value is -1.34. The number of halogens is 1. The van der Waals surface area contributed by atoms with Gasteiger partial charge in [-0.15, -0.1) is 0 Å². The zero-order valence-electron chi connectivity index (χ0n) is 12.4. The molecule has 7 heteroatoms. The summed E-state index contributed by atoms with van der Waals surface area (Å²) in [5, 5.41) is 20.4. The van der Waals surface area contributed by atoms with Gasteiger partial charge in [-0.2, -0.15) is 0 Å². The lowest BCUT2D eigenvalue weighted by atomic mass is 10.0. The maximum absolute atomic E-state index is 11.3. The van der Waals surface area contributed by atoms with Gasteiger partial charge in [0, 0.05) is 12.3 Å². The Balaban J connectivity index is 1.46. The van der Waals surface area contributed by atoms with E-state index in [0.717, 1.165) is 0 Å². The molecule has 0 aromatic heterocycles. The maximum atomic E-state index is 11.3. The lowest BCUT2D eigenvalue weighted by molar-refractivity contribution is -0.142. The molecular weight excluding hydrogens is 324 g/mol. The molecule has 3 rings (SSSR count). The lowest BCUT2D eigenvalue weighted by Gasteiger charge is -2.22. The van der Waals surface area contributed by atoms with Crippen LogP contribution in [0.2, 0.25) is 5.02 Å². The summed E-state index contributed by atoms with van der Waals surface area (Å²) >= 11 is 5.97. The van der Waals surface area contributed by atoms with Gasteiger partial charge in [0.25, 0.3) is 0 Å². The number of hydrogen-bond donors (Lipinski definition) is 2. The summed E-state index contributed by atoms with van der Waals surface area (Å²) in [6.45, 7) is 0.0274. The number of carbonyl (C=O) groups excluding carboxylic acids is 1. The van der Waals surface area contributed by atoms with Crippen molar-refractivity contribution in [1.82, 2.24) is 0 Å². The fraction of sp³-hybridized carbons (Fsp3) is 0.562. The molecular formula is C16H19ClO6. The van der Waals surface area contributed by atoms with E-state index in [9.17, 15) is 15.0 Å². The van der Waals surface area contributed by atoms with E-state index in [0.29, 0.717) is 17.2 Å². The summed E-state index contributed by atoms with van der Waals surface area (Å²) in [7, 11) is 0. The highest BCUT2D eigenvalue weighted by atomic mass is 35.5. The van der Waals surface area contributed by atoms with E-state index in [-0.39, 0.29) is 37.6 Å². The van der Waals surface area contributed by atoms with Gasteiger partial charge in [0.05, 0.1) is 30.3 Å². The first-order valence-electron chi connectivity index (χ1n) is 7.59. The first kappa shape index (κ1) is 16.5. The molecule has 1 saturated heterocycles. The molecule has 1 aromatic carbocycles. The molecule has 5 atom stereocenters. The molecule has 6 nitrogen and oxygen atoms in total. The van der Waals surface area contributed by atoms with E-state index < -0.39 is 18.3 Å². The third-order valence-electron chi connectivity index (χ3n) is 4.19. The van der Waals surface area contributed by atoms with Gasteiger partial charge in [-0.3, -0.25) is 4.79 Å². The number of fused-ring (bicyclic) bond motifs is 1. The van der Waals surface area contributed by atoms with Gasteiger partial charge in [-0.1, -0.05) is 23.7 Å². The Kier molecular flexibility index (Phi) is 5.06. The van der Waals surface area contributed by atoms with Crippen LogP contribution in [-0.2, 0) is 14.3 Å². The number of aliphatic hydroxyl groups excluding tert-OH is 2. The largest absolute Gasteiger partial charge is 0.489 e. The SMILES string of the molecule is O=C1C[C@@H]2C(CC(O)C2OCC(O)COc2ccccc2Cl)O1. The first-order valence-corrected chi connectivity index (χ1v) is 7.97. The summed E-state index contributed by atoms with van der Waals surface area (Å²) in [4.78, 5) is 11.3. The molecule has 1 heterocycles. The van der Waals surface area contributed by atoms with E-state index in [2.05, 4.69) is 0 Å². The molecule has 0 spiro atoms. The summed E-state index contributed by atoms with van der Waals surface area (Å²) in [6.07, 6.45) is -1.70. The minimum atomic E-state index is -0.865. The molecule has 1 aromatic rings. The van der Waals surface area contributed by atoms with Crippen LogP contribution in [0.5, 0.6) is 5.75 Å². The van der Waals surface area contributed by atoms with Gasteiger partial charge < -0.3 is 24.4 Å². The lowest BCUT2D eigenvalue weighted by Crippen LogP contribution is -2.34. The van der Waals surface area contributed by atoms with Crippen LogP contribution in [0.1, 0.15) is 12.8 Å². The van der Waals surface area contributed by atoms with Gasteiger partial charge in [-0.25, -0.2) is 0 Å². The second kappa shape index (κ2) is 7.05. The number of rotatable bonds is 6. The highest BCUT2D eigenvalue weighted by molar-refractivity contribution is 6.32. The van der Waals surface area contributed by atoms with Crippen LogP contribution in [0.3, 0.4) is 0 Å². The average Bonchev–Trinajstić information content (AvgIpc) is 2.99. The van der Waals surface area contributed by atoms with Gasteiger partial charge >= 0.3 is 5.97 Å². The van der Waals surface area contributed by atoms with E-state index in [1.54, 1.807) is 24.3 Å². The summed E-state index contributed by atoms with van der Waals surface area (Å²) < 4.78 is 16.2. The van der Waals surface area contributed by atoms with Crippen LogP contribution in [0.4, 0.5) is 0 Å². The van der Waals surface area contributed by atoms with Crippen molar-refractivity contribution < 1.29 is 29.2 Å². The fourth-order valence-corrected chi connectivity index (χ4v) is 3.28. The number of hydrogen-bond acceptors (Lipinski definition) is 6. The standard InChI is InChI=1S/C16H19ClO6/c17-11-3-1-2-4-13(11)21-7-9(18)8-22-16-10-5-15(20)23-14(10)6-12(16)19/h1-4,9-10,12,14,16,18-19H,5-8H2/t9?,10-,12?,14?,16?/m1/s1. The number of benzene rings is 1. The van der Waals surface area contributed by atoms with Crippen molar-refractivity contribution in [3.63, 3.8) is 0 Å². The fourth-order valence-electron chi connectivity index (χ4n) is 3.09. The molecule has 4 unspecified atom stereocenters. The molecule has 1 saturated carbocycles. The van der Waals surface area contributed by atoms with Crippen LogP contribution < -0.4 is 4.74 Å². The number of ether oxygens (including phenoxy) is 3. The average molecular weight is 343 g/mol. The monoisotopic (exact) mass is 342 g/mol. The highest BCUT2D eigenvalue weighted by Crippen LogP contribution is 2.38. The Morgan fingerprint density at radius 1 is 1.35 bits per heavy atom. The topological polar surface area (TPSA) is 85.2 Å². The summed E-state index contributed by atoms with van der Waals surface area (Å²) in [6, 6.07) is 6.99. The molecule has 0 radical (unpaired) electrons. The minimum Gasteiger partial charge on any atom is -0.489 e. The maximum Gasteiger partial charge on any atom is 0.306 e. The van der Waals surface area contributed by atoms with Gasteiger partial charge in [0.2, 0.25) is 0 Å². The van der Waals surface area contributed by atoms with E-state index in [4.69, 9.17) is 25.8 Å². The molecule has 2 fully saturated rings. The third kappa shape index (κ3) is 3.77. The molecule has 1 aliphatic carbocycles. The van der Waals surface area contributed by atoms with Gasteiger partial charge in [0.1, 0.15) is 24.6 Å². The van der Waals surface area contributed by atoms with Crippen LogP contribution in [0.15, 0.2) is 24.3 Å². The molecule has 0 amide bonds. The van der Waals surface area contributed by atoms with Crippen molar-refractivity contribution >= 4 is 17.6 Å². The first-order chi connectivity index (χ1) is 11.0. The van der Waals surface area contributed by atoms with E-state index in [1.807, 2.05) is 0 Å². The quantitative estimate of drug-likeness (QED) is 0.755. The normalized spacial score (nSPS) is 30.8. The predicted octanol–water partition coefficient (Wildman–Crippen LogP) is 1.16. The highest BCUT2D eigenvalue weighted by Gasteiger charge is 2.50. The van der Waals surface area contributed by atoms with Crippen molar-refractivity contribution in [2.75, 3.05) is 13.2 Å². The van der Waals surface area contributed by atoms with Crippen LogP contribution in [0.25, 0.3) is 0 Å². The van der Waals surface area contributed by atoms with Crippen molar-refractivity contribution in [2.24, 2.45) is 5.92 Å². The van der Waals surface area contributed by atoms with Crippen LogP contribution in [-0.4, -0.2) is 53.8 Å². The van der Waals surface area contributed by atoms with E-state index in [1.165, 1.54) is 0 Å². The molecule has 2 aliphatic rings. The number of aliphatic hydroxyl groups is 2. The van der Waals surface area contributed by atoms with Crippen LogP contribution >= 0.6 is 11.6 Å². The van der Waals surface area contributed by atoms with Crippen molar-refractivity contribution in [1.29, 1.82) is 0 Å². The second-order valence-electron chi connectivity index (χ2n) is 5.89. The van der Waals surface area contributed by atoms with Crippen LogP contribution in [0, 0.1) is 5.92 Å². The molecule has 2 N–H and O–H groups in total. The zero-order valence-corrected chi connectivity index (χ0v) is 13.2. The van der Waals surface area contributed by atoms with Crippen molar-refractivity contribution in [2.45, 2.75) is 37.3 Å². The molecule has 0 bridgehead atoms. The number of esters is 1. The minimum absolute atomic E-state index is 0.00356. The number of carbonyl (C=O) groups is 1. The van der Waals surface area contributed by atoms with E-state index >= 15 is 0 Å². The number of para-hydroxylation sites is 1. The Bertz CT molecular complexity index is 565. The summed E-state index contributed by atoms with van der Waals surface area (Å²) in [5.74, 6) is 0.0845. The Morgan fingerprint density at radius 3 is 2.91 bits per heavy atom. The van der Waals surface area contributed by atoms with Crippen molar-refractivity contribution in [3.05, 3.63) is 29.3 Å². The molecule has 126 valence electrons. The Morgan fingerprint density at radius 2 is 2.13 bits per heavy atom. The third-order valence-corrected chi connectivity index (χ3v) is 4.50. The predicted molar refractivity (Wildman–Crippen MR) is 81.3 cm³/mol. The Labute approximate surface area is 138 Å². The van der Waals surface area contributed by atoms with Gasteiger partial charge in [-0.05, 0) is 12.1 Å². The zero-order chi connectivity index (χ0) is 16.4. The molecule has 23 heavy (non-hydrogen) atoms. The molecule has 1 aliphatic heterocycles.